The van der Waals surface area contributed by atoms with Crippen molar-refractivity contribution in [1.29, 1.82) is 0 Å². The molecular weight excluding hydrogens is 289 g/mol. The maximum atomic E-state index is 13.4. The van der Waals surface area contributed by atoms with Crippen LogP contribution in [0, 0.1) is 12.7 Å². The van der Waals surface area contributed by atoms with Crippen LogP contribution in [0.2, 0.25) is 5.02 Å². The number of likely N-dealkylation sites (N-methyl/N-ethyl adjacent to an activating group) is 1. The first-order valence-electron chi connectivity index (χ1n) is 6.98. The first kappa shape index (κ1) is 15.8. The second-order valence-electron chi connectivity index (χ2n) is 4.88. The molecule has 4 heteroatoms. The zero-order chi connectivity index (χ0) is 15.2. The fourth-order valence-corrected chi connectivity index (χ4v) is 2.24. The highest BCUT2D eigenvalue weighted by atomic mass is 35.5. The smallest absolute Gasteiger partial charge is 0.126 e. The van der Waals surface area contributed by atoms with E-state index in [2.05, 4.69) is 5.32 Å². The normalized spacial score (nSPS) is 12.2. The Morgan fingerprint density at radius 1 is 1.19 bits per heavy atom. The molecule has 0 amide bonds. The van der Waals surface area contributed by atoms with Crippen molar-refractivity contribution < 1.29 is 9.13 Å². The molecule has 0 radical (unpaired) electrons. The Hall–Kier alpha value is -1.58. The summed E-state index contributed by atoms with van der Waals surface area (Å²) in [6.45, 7) is 5.08. The molecule has 112 valence electrons. The van der Waals surface area contributed by atoms with E-state index in [0.29, 0.717) is 17.2 Å². The number of benzene rings is 2. The SMILES string of the molecule is CCNC(COc1ccc(Cl)cc1)c1ccc(F)c(C)c1. The lowest BCUT2D eigenvalue weighted by molar-refractivity contribution is 0.268. The highest BCUT2D eigenvalue weighted by Gasteiger charge is 2.12. The second kappa shape index (κ2) is 7.43. The number of hydrogen-bond donors (Lipinski definition) is 1. The summed E-state index contributed by atoms with van der Waals surface area (Å²) in [6, 6.07) is 12.4. The summed E-state index contributed by atoms with van der Waals surface area (Å²) >= 11 is 5.85. The van der Waals surface area contributed by atoms with Gasteiger partial charge in [-0.25, -0.2) is 4.39 Å². The van der Waals surface area contributed by atoms with Gasteiger partial charge in [0.1, 0.15) is 18.2 Å². The molecule has 0 spiro atoms. The number of rotatable bonds is 6. The Labute approximate surface area is 129 Å². The highest BCUT2D eigenvalue weighted by molar-refractivity contribution is 6.30. The van der Waals surface area contributed by atoms with Crippen molar-refractivity contribution in [1.82, 2.24) is 5.32 Å². The predicted octanol–water partition coefficient (Wildman–Crippen LogP) is 4.52. The van der Waals surface area contributed by atoms with Gasteiger partial charge >= 0.3 is 0 Å². The average Bonchev–Trinajstić information content (AvgIpc) is 2.48. The van der Waals surface area contributed by atoms with Gasteiger partial charge in [-0.05, 0) is 54.9 Å². The number of hydrogen-bond acceptors (Lipinski definition) is 2. The zero-order valence-corrected chi connectivity index (χ0v) is 13.0. The Morgan fingerprint density at radius 2 is 1.90 bits per heavy atom. The van der Waals surface area contributed by atoms with Crippen molar-refractivity contribution in [2.24, 2.45) is 0 Å². The van der Waals surface area contributed by atoms with Gasteiger partial charge in [0.15, 0.2) is 0 Å². The first-order valence-corrected chi connectivity index (χ1v) is 7.35. The Balaban J connectivity index is 2.07. The molecule has 2 rings (SSSR count). The summed E-state index contributed by atoms with van der Waals surface area (Å²) in [6.07, 6.45) is 0. The summed E-state index contributed by atoms with van der Waals surface area (Å²) < 4.78 is 19.2. The fraction of sp³-hybridized carbons (Fsp3) is 0.294. The van der Waals surface area contributed by atoms with Crippen molar-refractivity contribution in [3.63, 3.8) is 0 Å². The van der Waals surface area contributed by atoms with E-state index in [9.17, 15) is 4.39 Å². The lowest BCUT2D eigenvalue weighted by Gasteiger charge is -2.19. The maximum absolute atomic E-state index is 13.4. The Bertz CT molecular complexity index is 586. The van der Waals surface area contributed by atoms with Gasteiger partial charge in [0.05, 0.1) is 6.04 Å². The molecule has 1 unspecified atom stereocenters. The molecule has 0 aliphatic rings. The molecule has 1 atom stereocenters. The van der Waals surface area contributed by atoms with Gasteiger partial charge in [-0.2, -0.15) is 0 Å². The molecule has 21 heavy (non-hydrogen) atoms. The number of nitrogens with one attached hydrogen (secondary N) is 1. The third-order valence-electron chi connectivity index (χ3n) is 3.27. The van der Waals surface area contributed by atoms with E-state index in [1.54, 1.807) is 25.1 Å². The molecule has 0 saturated heterocycles. The van der Waals surface area contributed by atoms with Crippen LogP contribution in [0.1, 0.15) is 24.1 Å². The quantitative estimate of drug-likeness (QED) is 0.847. The van der Waals surface area contributed by atoms with E-state index in [1.807, 2.05) is 25.1 Å². The third-order valence-corrected chi connectivity index (χ3v) is 3.52. The van der Waals surface area contributed by atoms with Gasteiger partial charge in [-0.15, -0.1) is 0 Å². The number of aryl methyl sites for hydroxylation is 1. The molecule has 2 nitrogen and oxygen atoms in total. The van der Waals surface area contributed by atoms with Crippen LogP contribution in [0.5, 0.6) is 5.75 Å². The zero-order valence-electron chi connectivity index (χ0n) is 12.2. The van der Waals surface area contributed by atoms with Gasteiger partial charge in [0.25, 0.3) is 0 Å². The molecular formula is C17H19ClFNO. The van der Waals surface area contributed by atoms with E-state index < -0.39 is 0 Å². The van der Waals surface area contributed by atoms with Crippen molar-refractivity contribution in [2.45, 2.75) is 19.9 Å². The van der Waals surface area contributed by atoms with E-state index in [-0.39, 0.29) is 11.9 Å². The minimum atomic E-state index is -0.187. The largest absolute Gasteiger partial charge is 0.492 e. The number of ether oxygens (including phenoxy) is 1. The molecule has 0 fully saturated rings. The Kier molecular flexibility index (Phi) is 5.59. The average molecular weight is 308 g/mol. The third kappa shape index (κ3) is 4.45. The minimum Gasteiger partial charge on any atom is -0.492 e. The van der Waals surface area contributed by atoms with Gasteiger partial charge in [0.2, 0.25) is 0 Å². The van der Waals surface area contributed by atoms with Gasteiger partial charge in [-0.1, -0.05) is 30.7 Å². The van der Waals surface area contributed by atoms with E-state index in [0.717, 1.165) is 17.9 Å². The predicted molar refractivity (Wildman–Crippen MR) is 84.5 cm³/mol. The summed E-state index contributed by atoms with van der Waals surface area (Å²) in [5, 5.41) is 4.03. The molecule has 0 aliphatic heterocycles. The molecule has 0 saturated carbocycles. The van der Waals surface area contributed by atoms with Gasteiger partial charge < -0.3 is 10.1 Å². The molecule has 2 aromatic carbocycles. The van der Waals surface area contributed by atoms with Crippen LogP contribution in [-0.4, -0.2) is 13.2 Å². The second-order valence-corrected chi connectivity index (χ2v) is 5.32. The molecule has 0 aliphatic carbocycles. The van der Waals surface area contributed by atoms with Crippen LogP contribution >= 0.6 is 11.6 Å². The minimum absolute atomic E-state index is 0.0185. The van der Waals surface area contributed by atoms with Crippen molar-refractivity contribution >= 4 is 11.6 Å². The van der Waals surface area contributed by atoms with Crippen molar-refractivity contribution in [3.8, 4) is 5.75 Å². The number of halogens is 2. The summed E-state index contributed by atoms with van der Waals surface area (Å²) in [7, 11) is 0. The lowest BCUT2D eigenvalue weighted by atomic mass is 10.0. The molecule has 0 bridgehead atoms. The van der Waals surface area contributed by atoms with Crippen LogP contribution in [0.3, 0.4) is 0 Å². The fourth-order valence-electron chi connectivity index (χ4n) is 2.11. The Morgan fingerprint density at radius 3 is 2.52 bits per heavy atom. The van der Waals surface area contributed by atoms with Crippen LogP contribution in [0.15, 0.2) is 42.5 Å². The van der Waals surface area contributed by atoms with Gasteiger partial charge in [-0.3, -0.25) is 0 Å². The van der Waals surface area contributed by atoms with Crippen LogP contribution in [0.4, 0.5) is 4.39 Å². The van der Waals surface area contributed by atoms with Crippen LogP contribution in [-0.2, 0) is 0 Å². The summed E-state index contributed by atoms with van der Waals surface area (Å²) in [4.78, 5) is 0. The first-order chi connectivity index (χ1) is 10.1. The molecule has 0 aromatic heterocycles. The highest BCUT2D eigenvalue weighted by Crippen LogP contribution is 2.20. The van der Waals surface area contributed by atoms with Crippen molar-refractivity contribution in [2.75, 3.05) is 13.2 Å². The molecule has 1 N–H and O–H groups in total. The van der Waals surface area contributed by atoms with Gasteiger partial charge in [0, 0.05) is 5.02 Å². The molecule has 2 aromatic rings. The maximum Gasteiger partial charge on any atom is 0.126 e. The van der Waals surface area contributed by atoms with E-state index in [4.69, 9.17) is 16.3 Å². The van der Waals surface area contributed by atoms with Crippen LogP contribution in [0.25, 0.3) is 0 Å². The topological polar surface area (TPSA) is 21.3 Å². The van der Waals surface area contributed by atoms with Crippen LogP contribution < -0.4 is 10.1 Å². The standard InChI is InChI=1S/C17H19ClFNO/c1-3-20-17(13-4-9-16(19)12(2)10-13)11-21-15-7-5-14(18)6-8-15/h4-10,17,20H,3,11H2,1-2H3. The van der Waals surface area contributed by atoms with Crippen molar-refractivity contribution in [3.05, 3.63) is 64.4 Å². The monoisotopic (exact) mass is 307 g/mol. The molecule has 0 heterocycles. The van der Waals surface area contributed by atoms with E-state index in [1.165, 1.54) is 6.07 Å². The lowest BCUT2D eigenvalue weighted by Crippen LogP contribution is -2.26. The van der Waals surface area contributed by atoms with E-state index >= 15 is 0 Å². The summed E-state index contributed by atoms with van der Waals surface area (Å²) in [5.74, 6) is 0.578. The summed E-state index contributed by atoms with van der Waals surface area (Å²) in [5.41, 5.74) is 1.66.